The molecule has 4 fully saturated rings. The van der Waals surface area contributed by atoms with E-state index in [-0.39, 0.29) is 5.92 Å². The summed E-state index contributed by atoms with van der Waals surface area (Å²) in [5.41, 5.74) is 5.59. The van der Waals surface area contributed by atoms with E-state index in [2.05, 4.69) is 0 Å². The Hall–Kier alpha value is -0.970. The first-order chi connectivity index (χ1) is 19.2. The zero-order chi connectivity index (χ0) is 29.0. The second-order valence-corrected chi connectivity index (χ2v) is 11.4. The molecule has 1 amide bonds. The summed E-state index contributed by atoms with van der Waals surface area (Å²) in [6, 6.07) is 0. The zero-order valence-corrected chi connectivity index (χ0v) is 23.3. The van der Waals surface area contributed by atoms with Gasteiger partial charge >= 0.3 is 0 Å². The Bertz CT molecular complexity index is 805. The lowest BCUT2D eigenvalue weighted by atomic mass is 9.82. The van der Waals surface area contributed by atoms with Crippen LogP contribution in [0.5, 0.6) is 0 Å². The Morgan fingerprint density at radius 1 is 0.850 bits per heavy atom. The van der Waals surface area contributed by atoms with Crippen molar-refractivity contribution >= 4 is 5.91 Å². The number of nitrogens with two attached hydrogens (primary N) is 1. The Morgan fingerprint density at radius 3 is 2.33 bits per heavy atom. The van der Waals surface area contributed by atoms with E-state index in [1.54, 1.807) is 6.92 Å². The molecule has 7 N–H and O–H groups in total. The van der Waals surface area contributed by atoms with E-state index in [9.17, 15) is 30.3 Å². The van der Waals surface area contributed by atoms with Crippen LogP contribution >= 0.6 is 0 Å². The predicted molar refractivity (Wildman–Crippen MR) is 138 cm³/mol. The third kappa shape index (κ3) is 7.14. The van der Waals surface area contributed by atoms with E-state index >= 15 is 0 Å². The molecule has 0 bridgehead atoms. The van der Waals surface area contributed by atoms with Gasteiger partial charge in [0.1, 0.15) is 48.8 Å². The van der Waals surface area contributed by atoms with Crippen molar-refractivity contribution < 1.29 is 58.7 Å². The minimum Gasteiger partial charge on any atom is -0.394 e. The quantitative estimate of drug-likeness (QED) is 0.218. The van der Waals surface area contributed by atoms with Gasteiger partial charge in [0.25, 0.3) is 0 Å². The molecule has 3 heterocycles. The van der Waals surface area contributed by atoms with Gasteiger partial charge in [-0.05, 0) is 38.5 Å². The Labute approximate surface area is 234 Å². The Balaban J connectivity index is 1.56. The number of amides is 1. The van der Waals surface area contributed by atoms with E-state index < -0.39 is 92.2 Å². The van der Waals surface area contributed by atoms with Crippen molar-refractivity contribution in [3.05, 3.63) is 0 Å². The highest BCUT2D eigenvalue weighted by Crippen LogP contribution is 2.37. The summed E-state index contributed by atoms with van der Waals surface area (Å²) in [4.78, 5) is 12.1. The number of carbonyl (C=O) groups is 1. The maximum absolute atomic E-state index is 12.1. The number of rotatable bonds is 7. The largest absolute Gasteiger partial charge is 0.394 e. The molecule has 0 aromatic carbocycles. The molecule has 0 radical (unpaired) electrons. The SMILES string of the molecule is CC[C@@H]1CCC[C@@H](O[C@@H]2OC(CO)[C@H](O)C3O[C@@H](C(N)=O)CCCCCOC32)C1O[C@@H]1OC(C)[C@@H](O)C(O)[C@@H]1O. The fourth-order valence-corrected chi connectivity index (χ4v) is 6.22. The van der Waals surface area contributed by atoms with Gasteiger partial charge in [-0.25, -0.2) is 0 Å². The summed E-state index contributed by atoms with van der Waals surface area (Å²) < 4.78 is 36.7. The van der Waals surface area contributed by atoms with E-state index in [0.29, 0.717) is 25.9 Å². The van der Waals surface area contributed by atoms with Gasteiger partial charge in [0, 0.05) is 6.61 Å². The molecule has 232 valence electrons. The van der Waals surface area contributed by atoms with E-state index in [0.717, 1.165) is 32.1 Å². The van der Waals surface area contributed by atoms with Crippen molar-refractivity contribution in [2.24, 2.45) is 11.7 Å². The lowest BCUT2D eigenvalue weighted by Gasteiger charge is -2.48. The second kappa shape index (κ2) is 14.5. The minimum absolute atomic E-state index is 0.0351. The van der Waals surface area contributed by atoms with Crippen molar-refractivity contribution in [2.45, 2.75) is 145 Å². The number of fused-ring (bicyclic) bond motifs is 1. The topological polar surface area (TPSA) is 200 Å². The monoisotopic (exact) mass is 577 g/mol. The molecule has 13 nitrogen and oxygen atoms in total. The molecule has 0 aromatic heterocycles. The van der Waals surface area contributed by atoms with Crippen molar-refractivity contribution in [1.82, 2.24) is 0 Å². The van der Waals surface area contributed by atoms with Gasteiger partial charge < -0.3 is 59.7 Å². The number of aliphatic hydroxyl groups is 5. The molecule has 13 heteroatoms. The van der Waals surface area contributed by atoms with E-state index in [1.807, 2.05) is 6.92 Å². The van der Waals surface area contributed by atoms with Crippen LogP contribution in [-0.2, 0) is 33.2 Å². The summed E-state index contributed by atoms with van der Waals surface area (Å²) in [5, 5.41) is 52.0. The molecule has 40 heavy (non-hydrogen) atoms. The van der Waals surface area contributed by atoms with Gasteiger partial charge in [-0.3, -0.25) is 4.79 Å². The fourth-order valence-electron chi connectivity index (χ4n) is 6.22. The van der Waals surface area contributed by atoms with Crippen LogP contribution in [0.4, 0.5) is 0 Å². The zero-order valence-electron chi connectivity index (χ0n) is 23.3. The number of hydrogen-bond acceptors (Lipinski definition) is 12. The average molecular weight is 578 g/mol. The molecular formula is C27H47NO12. The summed E-state index contributed by atoms with van der Waals surface area (Å²) >= 11 is 0. The third-order valence-electron chi connectivity index (χ3n) is 8.69. The maximum Gasteiger partial charge on any atom is 0.246 e. The highest BCUT2D eigenvalue weighted by molar-refractivity contribution is 5.78. The highest BCUT2D eigenvalue weighted by Gasteiger charge is 2.51. The normalized spacial score (nSPS) is 47.3. The second-order valence-electron chi connectivity index (χ2n) is 11.4. The smallest absolute Gasteiger partial charge is 0.246 e. The third-order valence-corrected chi connectivity index (χ3v) is 8.69. The van der Waals surface area contributed by atoms with Gasteiger partial charge in [-0.15, -0.1) is 0 Å². The molecule has 4 aliphatic rings. The van der Waals surface area contributed by atoms with Crippen molar-refractivity contribution in [2.75, 3.05) is 13.2 Å². The number of hydrogen-bond donors (Lipinski definition) is 6. The van der Waals surface area contributed by atoms with Crippen LogP contribution in [0.1, 0.15) is 65.2 Å². The van der Waals surface area contributed by atoms with Crippen LogP contribution in [0.2, 0.25) is 0 Å². The molecule has 0 aromatic rings. The molecule has 1 saturated carbocycles. The first kappa shape index (κ1) is 32.0. The first-order valence-electron chi connectivity index (χ1n) is 14.7. The molecule has 14 atom stereocenters. The molecule has 3 saturated heterocycles. The lowest BCUT2D eigenvalue weighted by molar-refractivity contribution is -0.353. The first-order valence-corrected chi connectivity index (χ1v) is 14.7. The van der Waals surface area contributed by atoms with Crippen LogP contribution in [-0.4, -0.2) is 124 Å². The van der Waals surface area contributed by atoms with Gasteiger partial charge in [0.2, 0.25) is 5.91 Å². The lowest BCUT2D eigenvalue weighted by Crippen LogP contribution is -2.63. The van der Waals surface area contributed by atoms with Crippen molar-refractivity contribution in [3.63, 3.8) is 0 Å². The average Bonchev–Trinajstić information content (AvgIpc) is 2.94. The predicted octanol–water partition coefficient (Wildman–Crippen LogP) is -0.929. The number of carbonyl (C=O) groups excluding carboxylic acids is 1. The van der Waals surface area contributed by atoms with Gasteiger partial charge in [-0.1, -0.05) is 32.6 Å². The molecule has 4 rings (SSSR count). The van der Waals surface area contributed by atoms with Crippen LogP contribution in [0.15, 0.2) is 0 Å². The van der Waals surface area contributed by atoms with Crippen LogP contribution in [0, 0.1) is 5.92 Å². The minimum atomic E-state index is -1.46. The highest BCUT2D eigenvalue weighted by atomic mass is 16.7. The molecule has 6 unspecified atom stereocenters. The molecule has 1 aliphatic carbocycles. The fraction of sp³-hybridized carbons (Fsp3) is 0.963. The maximum atomic E-state index is 12.1. The summed E-state index contributed by atoms with van der Waals surface area (Å²) in [6.07, 6.45) is -7.88. The van der Waals surface area contributed by atoms with Crippen LogP contribution < -0.4 is 5.73 Å². The molecular weight excluding hydrogens is 530 g/mol. The van der Waals surface area contributed by atoms with Gasteiger partial charge in [0.05, 0.1) is 24.9 Å². The standard InChI is InChI=1S/C27H47NO12/c1-3-14-8-7-10-15(22(14)40-26-21(33)20(32)18(30)13(2)36-26)38-27-24-23(19(31)17(12-29)39-27)37-16(25(28)34)9-5-4-6-11-35-24/h13-24,26-27,29-33H,3-12H2,1-2H3,(H2,28,34)/t13?,14-,15-,16-,17?,18-,19+,20?,21+,22?,23?,24?,26+,27-/m1/s1. The van der Waals surface area contributed by atoms with Crippen molar-refractivity contribution in [3.8, 4) is 0 Å². The Kier molecular flexibility index (Phi) is 11.6. The number of aliphatic hydroxyl groups excluding tert-OH is 5. The van der Waals surface area contributed by atoms with Gasteiger partial charge in [0.15, 0.2) is 12.6 Å². The molecule has 3 aliphatic heterocycles. The summed E-state index contributed by atoms with van der Waals surface area (Å²) in [7, 11) is 0. The number of ether oxygens (including phenoxy) is 6. The molecule has 0 spiro atoms. The van der Waals surface area contributed by atoms with E-state index in [4.69, 9.17) is 34.2 Å². The summed E-state index contributed by atoms with van der Waals surface area (Å²) in [5.74, 6) is -0.608. The number of primary amides is 1. The van der Waals surface area contributed by atoms with Crippen LogP contribution in [0.3, 0.4) is 0 Å². The van der Waals surface area contributed by atoms with Crippen molar-refractivity contribution in [1.29, 1.82) is 0 Å². The van der Waals surface area contributed by atoms with Crippen LogP contribution in [0.25, 0.3) is 0 Å². The summed E-state index contributed by atoms with van der Waals surface area (Å²) in [6.45, 7) is 3.45. The van der Waals surface area contributed by atoms with Gasteiger partial charge in [-0.2, -0.15) is 0 Å². The van der Waals surface area contributed by atoms with E-state index in [1.165, 1.54) is 0 Å². The Morgan fingerprint density at radius 2 is 1.62 bits per heavy atom.